The first kappa shape index (κ1) is 23.7. The zero-order valence-corrected chi connectivity index (χ0v) is 20.7. The van der Waals surface area contributed by atoms with E-state index in [0.717, 1.165) is 42.8 Å². The highest BCUT2D eigenvalue weighted by atomic mass is 28.4. The van der Waals surface area contributed by atoms with E-state index in [2.05, 4.69) is 41.1 Å². The first-order valence-electron chi connectivity index (χ1n) is 12.1. The molecule has 3 fully saturated rings. The van der Waals surface area contributed by atoms with Crippen molar-refractivity contribution in [1.29, 1.82) is 0 Å². The van der Waals surface area contributed by atoms with Crippen LogP contribution in [-0.4, -0.2) is 69.5 Å². The summed E-state index contributed by atoms with van der Waals surface area (Å²) in [6.07, 6.45) is 6.20. The normalized spacial score (nSPS) is 28.9. The monoisotopic (exact) mass is 458 g/mol. The van der Waals surface area contributed by atoms with Crippen LogP contribution in [0.5, 0.6) is 0 Å². The molecule has 176 valence electrons. The molecule has 4 aliphatic rings. The van der Waals surface area contributed by atoms with Crippen LogP contribution < -0.4 is 5.32 Å². The lowest BCUT2D eigenvalue weighted by Crippen LogP contribution is -2.76. The maximum absolute atomic E-state index is 13.0. The van der Waals surface area contributed by atoms with E-state index in [0.29, 0.717) is 38.2 Å². The van der Waals surface area contributed by atoms with Crippen molar-refractivity contribution in [3.05, 3.63) is 48.6 Å². The lowest BCUT2D eigenvalue weighted by Gasteiger charge is -2.57. The number of para-hydroxylation sites is 1. The van der Waals surface area contributed by atoms with Gasteiger partial charge in [-0.15, -0.1) is 6.58 Å². The molecule has 2 bridgehead atoms. The van der Waals surface area contributed by atoms with E-state index in [1.165, 1.54) is 0 Å². The Kier molecular flexibility index (Phi) is 7.24. The zero-order chi connectivity index (χ0) is 22.8. The van der Waals surface area contributed by atoms with Crippen LogP contribution >= 0.6 is 0 Å². The first-order valence-corrected chi connectivity index (χ1v) is 13.8. The number of aliphatic hydroxyl groups is 1. The number of nitrogens with zero attached hydrogens (tertiary/aromatic N) is 1. The molecule has 6 nitrogen and oxygen atoms in total. The number of fused-ring (bicyclic) bond motifs is 4. The number of anilines is 1. The molecule has 0 saturated carbocycles. The molecule has 0 amide bonds. The van der Waals surface area contributed by atoms with Crippen molar-refractivity contribution in [3.8, 4) is 0 Å². The third kappa shape index (κ3) is 3.79. The third-order valence-corrected chi connectivity index (χ3v) is 10.8. The van der Waals surface area contributed by atoms with E-state index < -0.39 is 14.0 Å². The molecule has 1 aromatic rings. The van der Waals surface area contributed by atoms with Crippen molar-refractivity contribution in [2.24, 2.45) is 11.8 Å². The van der Waals surface area contributed by atoms with Gasteiger partial charge in [0.15, 0.2) is 5.22 Å². The van der Waals surface area contributed by atoms with Crippen molar-refractivity contribution in [2.75, 3.05) is 44.8 Å². The fraction of sp³-hybridized carbons (Fsp3) is 0.600. The lowest BCUT2D eigenvalue weighted by molar-refractivity contribution is -0.0862. The molecule has 0 radical (unpaired) electrons. The molecule has 0 aliphatic carbocycles. The van der Waals surface area contributed by atoms with Gasteiger partial charge in [-0.2, -0.15) is 0 Å². The van der Waals surface area contributed by atoms with Gasteiger partial charge in [-0.05, 0) is 63.6 Å². The van der Waals surface area contributed by atoms with Crippen molar-refractivity contribution in [3.63, 3.8) is 0 Å². The topological polar surface area (TPSA) is 63.2 Å². The highest BCUT2D eigenvalue weighted by Crippen LogP contribution is 2.50. The minimum absolute atomic E-state index is 0.133. The molecule has 1 aromatic carbocycles. The summed E-state index contributed by atoms with van der Waals surface area (Å²) in [5.74, 6) is 0.962. The van der Waals surface area contributed by atoms with E-state index in [1.807, 2.05) is 32.9 Å². The van der Waals surface area contributed by atoms with Crippen LogP contribution in [0.4, 0.5) is 5.69 Å². The zero-order valence-electron chi connectivity index (χ0n) is 19.7. The Morgan fingerprint density at radius 1 is 1.19 bits per heavy atom. The van der Waals surface area contributed by atoms with E-state index >= 15 is 0 Å². The van der Waals surface area contributed by atoms with Gasteiger partial charge in [0.05, 0.1) is 0 Å². The summed E-state index contributed by atoms with van der Waals surface area (Å²) >= 11 is 0. The first-order chi connectivity index (χ1) is 15.5. The maximum atomic E-state index is 13.0. The van der Waals surface area contributed by atoms with Gasteiger partial charge in [0, 0.05) is 50.2 Å². The molecule has 0 aromatic heterocycles. The van der Waals surface area contributed by atoms with Crippen LogP contribution in [0.3, 0.4) is 0 Å². The largest absolute Gasteiger partial charge is 0.540 e. The van der Waals surface area contributed by atoms with Gasteiger partial charge in [0.1, 0.15) is 0 Å². The van der Waals surface area contributed by atoms with Crippen molar-refractivity contribution in [1.82, 2.24) is 4.90 Å². The number of hydrogen-bond donors (Lipinski definition) is 2. The van der Waals surface area contributed by atoms with Gasteiger partial charge in [-0.1, -0.05) is 30.4 Å². The van der Waals surface area contributed by atoms with Crippen molar-refractivity contribution < 1.29 is 18.4 Å². The summed E-state index contributed by atoms with van der Waals surface area (Å²) in [7, 11) is -3.57. The van der Waals surface area contributed by atoms with Gasteiger partial charge in [0.2, 0.25) is 0 Å². The Morgan fingerprint density at radius 2 is 1.88 bits per heavy atom. The van der Waals surface area contributed by atoms with Crippen LogP contribution in [0.25, 0.3) is 5.57 Å². The fourth-order valence-corrected chi connectivity index (χ4v) is 9.28. The summed E-state index contributed by atoms with van der Waals surface area (Å²) in [6.45, 7) is 13.7. The van der Waals surface area contributed by atoms with Crippen molar-refractivity contribution >= 4 is 20.1 Å². The highest BCUT2D eigenvalue weighted by molar-refractivity contribution is 6.67. The number of rotatable bonds is 10. The van der Waals surface area contributed by atoms with Gasteiger partial charge in [-0.25, -0.2) is 0 Å². The Morgan fingerprint density at radius 3 is 2.47 bits per heavy atom. The van der Waals surface area contributed by atoms with Crippen LogP contribution in [0.2, 0.25) is 0 Å². The number of benzene rings is 1. The maximum Gasteiger partial charge on any atom is 0.540 e. The molecule has 0 spiro atoms. The van der Waals surface area contributed by atoms with Crippen LogP contribution in [-0.2, 0) is 13.3 Å². The molecule has 1 unspecified atom stereocenters. The second-order valence-electron chi connectivity index (χ2n) is 8.86. The molecule has 4 heterocycles. The lowest BCUT2D eigenvalue weighted by atomic mass is 9.72. The van der Waals surface area contributed by atoms with E-state index in [1.54, 1.807) is 0 Å². The van der Waals surface area contributed by atoms with Gasteiger partial charge >= 0.3 is 8.80 Å². The van der Waals surface area contributed by atoms with Crippen molar-refractivity contribution in [2.45, 2.75) is 44.9 Å². The Balaban J connectivity index is 1.89. The average molecular weight is 459 g/mol. The smallest absolute Gasteiger partial charge is 0.381 e. The van der Waals surface area contributed by atoms with E-state index in [9.17, 15) is 5.11 Å². The SMILES string of the molecule is C=C[C@@H]1CN2CC[C@H]1C[C@H]2[C@@](O)(C1=CCNc2ccccc21)[Si](OCC)(OCC)OCC. The predicted octanol–water partition coefficient (Wildman–Crippen LogP) is 3.71. The third-order valence-electron chi connectivity index (χ3n) is 7.29. The second-order valence-corrected chi connectivity index (χ2v) is 11.6. The van der Waals surface area contributed by atoms with Gasteiger partial charge in [0.25, 0.3) is 0 Å². The van der Waals surface area contributed by atoms with E-state index in [4.69, 9.17) is 13.3 Å². The number of nitrogens with one attached hydrogen (secondary N) is 1. The fourth-order valence-electron chi connectivity index (χ4n) is 5.95. The quantitative estimate of drug-likeness (QED) is 0.412. The highest BCUT2D eigenvalue weighted by Gasteiger charge is 2.69. The van der Waals surface area contributed by atoms with Crippen LogP contribution in [0.1, 0.15) is 39.2 Å². The second kappa shape index (κ2) is 9.79. The average Bonchev–Trinajstić information content (AvgIpc) is 2.83. The molecule has 5 rings (SSSR count). The standard InChI is InChI=1S/C25H38N2O4Si/c1-5-19-18-27-16-14-20(19)17-24(27)25(28,32(29-6-2,30-7-3)31-8-4)22-13-15-26-23-12-10-9-11-21(22)23/h5,9-13,19-20,24,26,28H,1,6-8,14-18H2,2-4H3/t19-,20+,24+,25-/m1/s1. The molecule has 3 saturated heterocycles. The summed E-state index contributed by atoms with van der Waals surface area (Å²) < 4.78 is 19.2. The van der Waals surface area contributed by atoms with Crippen LogP contribution in [0, 0.1) is 11.8 Å². The molecule has 7 heteroatoms. The molecule has 4 aliphatic heterocycles. The number of piperidine rings is 3. The Labute approximate surface area is 193 Å². The Hall–Kier alpha value is -1.48. The molecular weight excluding hydrogens is 420 g/mol. The minimum atomic E-state index is -3.57. The molecule has 5 atom stereocenters. The number of hydrogen-bond acceptors (Lipinski definition) is 6. The summed E-state index contributed by atoms with van der Waals surface area (Å²) in [4.78, 5) is 2.43. The van der Waals surface area contributed by atoms with Crippen LogP contribution in [0.15, 0.2) is 43.0 Å². The van der Waals surface area contributed by atoms with E-state index in [-0.39, 0.29) is 6.04 Å². The molecular formula is C25H38N2O4Si. The summed E-state index contributed by atoms with van der Waals surface area (Å²) in [5, 5.41) is 15.1. The van der Waals surface area contributed by atoms with Gasteiger partial charge in [-0.3, -0.25) is 4.90 Å². The summed E-state index contributed by atoms with van der Waals surface area (Å²) in [5.41, 5.74) is 2.90. The molecule has 32 heavy (non-hydrogen) atoms. The predicted molar refractivity (Wildman–Crippen MR) is 130 cm³/mol. The van der Waals surface area contributed by atoms with Gasteiger partial charge < -0.3 is 23.7 Å². The Bertz CT molecular complexity index is 830. The summed E-state index contributed by atoms with van der Waals surface area (Å²) in [6, 6.07) is 8.05. The molecule has 2 N–H and O–H groups in total. The minimum Gasteiger partial charge on any atom is -0.381 e.